The van der Waals surface area contributed by atoms with Gasteiger partial charge in [-0.2, -0.15) is 0 Å². The summed E-state index contributed by atoms with van der Waals surface area (Å²) >= 11 is 0. The zero-order valence-corrected chi connectivity index (χ0v) is 13.4. The van der Waals surface area contributed by atoms with E-state index in [-0.39, 0.29) is 12.3 Å². The van der Waals surface area contributed by atoms with Crippen molar-refractivity contribution < 1.29 is 13.6 Å². The van der Waals surface area contributed by atoms with Gasteiger partial charge in [-0.25, -0.2) is 8.78 Å². The molecule has 2 unspecified atom stereocenters. The first-order valence-electron chi connectivity index (χ1n) is 8.57. The fourth-order valence-corrected chi connectivity index (χ4v) is 4.02. The first-order chi connectivity index (χ1) is 11.1. The quantitative estimate of drug-likeness (QED) is 0.924. The van der Waals surface area contributed by atoms with Gasteiger partial charge in [-0.3, -0.25) is 4.79 Å². The van der Waals surface area contributed by atoms with Crippen molar-refractivity contribution in [2.24, 2.45) is 5.92 Å². The summed E-state index contributed by atoms with van der Waals surface area (Å²) in [5, 5.41) is 2.96. The van der Waals surface area contributed by atoms with Crippen molar-refractivity contribution in [2.45, 2.75) is 44.6 Å². The van der Waals surface area contributed by atoms with E-state index >= 15 is 0 Å². The number of nitrogens with one attached hydrogen (secondary N) is 1. The third kappa shape index (κ3) is 4.28. The van der Waals surface area contributed by atoms with Gasteiger partial charge in [-0.05, 0) is 62.4 Å². The number of piperidine rings is 2. The van der Waals surface area contributed by atoms with Crippen LogP contribution < -0.4 is 5.32 Å². The summed E-state index contributed by atoms with van der Waals surface area (Å²) in [6.07, 6.45) is 6.13. The van der Waals surface area contributed by atoms with E-state index in [9.17, 15) is 13.6 Å². The molecule has 3 rings (SSSR count). The minimum absolute atomic E-state index is 0.0236. The van der Waals surface area contributed by atoms with Crippen molar-refractivity contribution in [1.82, 2.24) is 10.2 Å². The Labute approximate surface area is 136 Å². The molecule has 126 valence electrons. The zero-order valence-electron chi connectivity index (χ0n) is 13.4. The summed E-state index contributed by atoms with van der Waals surface area (Å²) < 4.78 is 26.3. The van der Waals surface area contributed by atoms with Crippen molar-refractivity contribution in [3.63, 3.8) is 0 Å². The SMILES string of the molecule is O=C(Cc1cc(F)cc(F)c1)NCC1CCCN2CCCCC12. The van der Waals surface area contributed by atoms with Crippen LogP contribution in [-0.4, -0.2) is 36.5 Å². The predicted octanol–water partition coefficient (Wildman–Crippen LogP) is 2.89. The average Bonchev–Trinajstić information content (AvgIpc) is 2.52. The molecule has 1 aromatic rings. The molecular weight excluding hydrogens is 298 g/mol. The molecule has 0 aliphatic carbocycles. The summed E-state index contributed by atoms with van der Waals surface area (Å²) in [5.74, 6) is -0.948. The van der Waals surface area contributed by atoms with Crippen LogP contribution in [0.4, 0.5) is 8.78 Å². The summed E-state index contributed by atoms with van der Waals surface area (Å²) in [7, 11) is 0. The second-order valence-electron chi connectivity index (χ2n) is 6.76. The van der Waals surface area contributed by atoms with Crippen molar-refractivity contribution in [3.8, 4) is 0 Å². The van der Waals surface area contributed by atoms with Crippen molar-refractivity contribution in [3.05, 3.63) is 35.4 Å². The maximum absolute atomic E-state index is 13.2. The molecule has 2 saturated heterocycles. The van der Waals surface area contributed by atoms with Crippen LogP contribution >= 0.6 is 0 Å². The largest absolute Gasteiger partial charge is 0.355 e. The fraction of sp³-hybridized carbons (Fsp3) is 0.611. The second kappa shape index (κ2) is 7.39. The Bertz CT molecular complexity index is 542. The van der Waals surface area contributed by atoms with Gasteiger partial charge in [-0.1, -0.05) is 6.42 Å². The molecule has 1 N–H and O–H groups in total. The van der Waals surface area contributed by atoms with Crippen LogP contribution in [0.3, 0.4) is 0 Å². The van der Waals surface area contributed by atoms with E-state index in [1.807, 2.05) is 0 Å². The van der Waals surface area contributed by atoms with Gasteiger partial charge in [0.2, 0.25) is 5.91 Å². The number of amides is 1. The van der Waals surface area contributed by atoms with Gasteiger partial charge >= 0.3 is 0 Å². The van der Waals surface area contributed by atoms with Crippen LogP contribution in [0.25, 0.3) is 0 Å². The summed E-state index contributed by atoms with van der Waals surface area (Å²) in [4.78, 5) is 14.6. The first-order valence-corrected chi connectivity index (χ1v) is 8.57. The lowest BCUT2D eigenvalue weighted by Gasteiger charge is -2.44. The Morgan fingerprint density at radius 3 is 2.61 bits per heavy atom. The Hall–Kier alpha value is -1.49. The monoisotopic (exact) mass is 322 g/mol. The van der Waals surface area contributed by atoms with E-state index in [0.29, 0.717) is 24.1 Å². The summed E-state index contributed by atoms with van der Waals surface area (Å²) in [6, 6.07) is 3.84. The molecule has 0 bridgehead atoms. The molecule has 2 heterocycles. The fourth-order valence-electron chi connectivity index (χ4n) is 4.02. The van der Waals surface area contributed by atoms with Gasteiger partial charge in [0.15, 0.2) is 0 Å². The Balaban J connectivity index is 1.52. The van der Waals surface area contributed by atoms with E-state index in [2.05, 4.69) is 10.2 Å². The number of halogens is 2. The van der Waals surface area contributed by atoms with E-state index in [4.69, 9.17) is 0 Å². The number of nitrogens with zero attached hydrogens (tertiary/aromatic N) is 1. The third-order valence-electron chi connectivity index (χ3n) is 5.08. The molecule has 0 saturated carbocycles. The molecule has 2 aliphatic rings. The number of rotatable bonds is 4. The zero-order chi connectivity index (χ0) is 16.2. The molecular formula is C18H24F2N2O. The normalized spacial score (nSPS) is 25.0. The van der Waals surface area contributed by atoms with Gasteiger partial charge in [0, 0.05) is 18.7 Å². The summed E-state index contributed by atoms with van der Waals surface area (Å²) in [5.41, 5.74) is 0.378. The number of hydrogen-bond acceptors (Lipinski definition) is 2. The minimum Gasteiger partial charge on any atom is -0.355 e. The smallest absolute Gasteiger partial charge is 0.224 e. The Morgan fingerprint density at radius 1 is 1.09 bits per heavy atom. The molecule has 1 aromatic carbocycles. The maximum atomic E-state index is 13.2. The molecule has 0 radical (unpaired) electrons. The molecule has 2 fully saturated rings. The third-order valence-corrected chi connectivity index (χ3v) is 5.08. The van der Waals surface area contributed by atoms with Gasteiger partial charge < -0.3 is 10.2 Å². The number of carbonyl (C=O) groups excluding carboxylic acids is 1. The minimum atomic E-state index is -0.641. The van der Waals surface area contributed by atoms with Crippen molar-refractivity contribution in [2.75, 3.05) is 19.6 Å². The lowest BCUT2D eigenvalue weighted by Crippen LogP contribution is -2.51. The van der Waals surface area contributed by atoms with Crippen LogP contribution in [0.2, 0.25) is 0 Å². The van der Waals surface area contributed by atoms with E-state index in [1.54, 1.807) is 0 Å². The number of carbonyl (C=O) groups is 1. The molecule has 1 amide bonds. The number of fused-ring (bicyclic) bond motifs is 1. The Morgan fingerprint density at radius 2 is 1.83 bits per heavy atom. The molecule has 3 nitrogen and oxygen atoms in total. The standard InChI is InChI=1S/C18H24F2N2O/c19-15-8-13(9-16(20)11-15)10-18(23)21-12-14-4-3-7-22-6-2-1-5-17(14)22/h8-9,11,14,17H,1-7,10,12H2,(H,21,23). The molecule has 2 aliphatic heterocycles. The highest BCUT2D eigenvalue weighted by atomic mass is 19.1. The molecule has 0 aromatic heterocycles. The molecule has 23 heavy (non-hydrogen) atoms. The predicted molar refractivity (Wildman–Crippen MR) is 85.0 cm³/mol. The first kappa shape index (κ1) is 16.4. The van der Waals surface area contributed by atoms with Gasteiger partial charge in [-0.15, -0.1) is 0 Å². The lowest BCUT2D eigenvalue weighted by atomic mass is 9.83. The molecule has 2 atom stereocenters. The highest BCUT2D eigenvalue weighted by Gasteiger charge is 2.32. The highest BCUT2D eigenvalue weighted by molar-refractivity contribution is 5.78. The maximum Gasteiger partial charge on any atom is 0.224 e. The van der Waals surface area contributed by atoms with Gasteiger partial charge in [0.1, 0.15) is 11.6 Å². The van der Waals surface area contributed by atoms with E-state index < -0.39 is 11.6 Å². The van der Waals surface area contributed by atoms with Gasteiger partial charge in [0.25, 0.3) is 0 Å². The average molecular weight is 322 g/mol. The Kier molecular flexibility index (Phi) is 5.26. The van der Waals surface area contributed by atoms with Crippen LogP contribution in [0, 0.1) is 17.6 Å². The van der Waals surface area contributed by atoms with E-state index in [1.165, 1.54) is 50.9 Å². The van der Waals surface area contributed by atoms with E-state index in [0.717, 1.165) is 12.5 Å². The molecule has 5 heteroatoms. The lowest BCUT2D eigenvalue weighted by molar-refractivity contribution is -0.120. The highest BCUT2D eigenvalue weighted by Crippen LogP contribution is 2.30. The topological polar surface area (TPSA) is 32.3 Å². The second-order valence-corrected chi connectivity index (χ2v) is 6.76. The summed E-state index contributed by atoms with van der Waals surface area (Å²) in [6.45, 7) is 3.02. The number of hydrogen-bond donors (Lipinski definition) is 1. The van der Waals surface area contributed by atoms with Crippen molar-refractivity contribution in [1.29, 1.82) is 0 Å². The van der Waals surface area contributed by atoms with Gasteiger partial charge in [0.05, 0.1) is 6.42 Å². The molecule has 0 spiro atoms. The van der Waals surface area contributed by atoms with Crippen LogP contribution in [0.5, 0.6) is 0 Å². The van der Waals surface area contributed by atoms with Crippen LogP contribution in [-0.2, 0) is 11.2 Å². The van der Waals surface area contributed by atoms with Crippen molar-refractivity contribution >= 4 is 5.91 Å². The van der Waals surface area contributed by atoms with Crippen LogP contribution in [0.1, 0.15) is 37.7 Å². The number of benzene rings is 1. The van der Waals surface area contributed by atoms with Crippen LogP contribution in [0.15, 0.2) is 18.2 Å².